The molecule has 3 rings (SSSR count). The molecule has 0 bridgehead atoms. The molecule has 0 aliphatic carbocycles. The van der Waals surface area contributed by atoms with E-state index in [1.54, 1.807) is 18.3 Å². The second kappa shape index (κ2) is 6.39. The molecule has 0 unspecified atom stereocenters. The Kier molecular flexibility index (Phi) is 4.30. The van der Waals surface area contributed by atoms with E-state index in [0.717, 1.165) is 15.6 Å². The lowest BCUT2D eigenvalue weighted by molar-refractivity contribution is 0.102. The molecule has 9 heteroatoms. The zero-order valence-corrected chi connectivity index (χ0v) is 14.1. The molecule has 0 saturated heterocycles. The zero-order valence-electron chi connectivity index (χ0n) is 12.5. The minimum Gasteiger partial charge on any atom is -0.398 e. The van der Waals surface area contributed by atoms with Crippen molar-refractivity contribution in [3.63, 3.8) is 0 Å². The van der Waals surface area contributed by atoms with E-state index in [-0.39, 0.29) is 5.91 Å². The average molecular weight is 346 g/mol. The third-order valence-corrected chi connectivity index (χ3v) is 4.58. The van der Waals surface area contributed by atoms with Crippen LogP contribution in [-0.4, -0.2) is 26.1 Å². The number of nitrogens with two attached hydrogens (primary N) is 1. The topological polar surface area (TPSA) is 110 Å². The summed E-state index contributed by atoms with van der Waals surface area (Å²) in [6.07, 6.45) is 1.71. The van der Waals surface area contributed by atoms with Crippen LogP contribution in [0.25, 0.3) is 0 Å². The number of carbonyl (C=O) groups excluding carboxylic acids is 1. The van der Waals surface area contributed by atoms with E-state index < -0.39 is 0 Å². The summed E-state index contributed by atoms with van der Waals surface area (Å²) in [7, 11) is 0. The highest BCUT2D eigenvalue weighted by molar-refractivity contribution is 7.99. The fourth-order valence-electron chi connectivity index (χ4n) is 1.85. The number of aryl methyl sites for hydroxylation is 2. The van der Waals surface area contributed by atoms with Gasteiger partial charge in [0, 0.05) is 21.7 Å². The van der Waals surface area contributed by atoms with Crippen molar-refractivity contribution >= 4 is 39.8 Å². The molecule has 0 aliphatic rings. The minimum atomic E-state index is -0.287. The van der Waals surface area contributed by atoms with E-state index in [1.165, 1.54) is 23.1 Å². The number of H-pyrrole nitrogens is 1. The van der Waals surface area contributed by atoms with Crippen molar-refractivity contribution in [2.45, 2.75) is 23.9 Å². The molecular weight excluding hydrogens is 332 g/mol. The smallest absolute Gasteiger partial charge is 0.259 e. The van der Waals surface area contributed by atoms with E-state index in [9.17, 15) is 4.79 Å². The third kappa shape index (κ3) is 3.69. The lowest BCUT2D eigenvalue weighted by Gasteiger charge is -2.07. The predicted molar refractivity (Wildman–Crippen MR) is 90.9 cm³/mol. The van der Waals surface area contributed by atoms with Gasteiger partial charge < -0.3 is 5.73 Å². The third-order valence-electron chi connectivity index (χ3n) is 2.90. The summed E-state index contributed by atoms with van der Waals surface area (Å²) >= 11 is 2.77. The van der Waals surface area contributed by atoms with Gasteiger partial charge in [-0.3, -0.25) is 15.2 Å². The first-order valence-corrected chi connectivity index (χ1v) is 8.35. The number of carbonyl (C=O) groups is 1. The van der Waals surface area contributed by atoms with Gasteiger partial charge in [-0.25, -0.2) is 9.97 Å². The normalized spacial score (nSPS) is 10.7. The van der Waals surface area contributed by atoms with Crippen molar-refractivity contribution < 1.29 is 4.79 Å². The van der Waals surface area contributed by atoms with Gasteiger partial charge in [-0.1, -0.05) is 0 Å². The fourth-order valence-corrected chi connectivity index (χ4v) is 3.30. The molecule has 0 aliphatic heterocycles. The van der Waals surface area contributed by atoms with Gasteiger partial charge in [0.2, 0.25) is 5.16 Å². The molecule has 1 aromatic carbocycles. The Morgan fingerprint density at radius 3 is 2.87 bits per heavy atom. The number of hydrogen-bond donors (Lipinski definition) is 3. The van der Waals surface area contributed by atoms with Crippen LogP contribution in [0.4, 0.5) is 10.8 Å². The first-order chi connectivity index (χ1) is 11.0. The second-order valence-electron chi connectivity index (χ2n) is 4.78. The highest BCUT2D eigenvalue weighted by Crippen LogP contribution is 2.28. The van der Waals surface area contributed by atoms with Gasteiger partial charge in [-0.2, -0.15) is 0 Å². The van der Waals surface area contributed by atoms with E-state index in [0.29, 0.717) is 21.5 Å². The predicted octanol–water partition coefficient (Wildman–Crippen LogP) is 2.86. The summed E-state index contributed by atoms with van der Waals surface area (Å²) < 4.78 is 0. The number of thiazole rings is 1. The van der Waals surface area contributed by atoms with Gasteiger partial charge in [0.15, 0.2) is 5.13 Å². The number of aromatic nitrogens is 4. The number of amides is 1. The van der Waals surface area contributed by atoms with Gasteiger partial charge in [0.1, 0.15) is 5.82 Å². The van der Waals surface area contributed by atoms with Crippen LogP contribution in [0.5, 0.6) is 0 Å². The van der Waals surface area contributed by atoms with E-state index in [4.69, 9.17) is 5.73 Å². The summed E-state index contributed by atoms with van der Waals surface area (Å²) in [5.41, 5.74) is 6.73. The summed E-state index contributed by atoms with van der Waals surface area (Å²) in [6, 6.07) is 5.25. The summed E-state index contributed by atoms with van der Waals surface area (Å²) in [5.74, 6) is 0.450. The monoisotopic (exact) mass is 346 g/mol. The van der Waals surface area contributed by atoms with Gasteiger partial charge in [-0.15, -0.1) is 16.4 Å². The molecule has 118 valence electrons. The number of anilines is 2. The van der Waals surface area contributed by atoms with Crippen LogP contribution in [0, 0.1) is 13.8 Å². The van der Waals surface area contributed by atoms with Crippen LogP contribution in [-0.2, 0) is 0 Å². The molecule has 0 atom stereocenters. The molecule has 0 saturated carbocycles. The Bertz CT molecular complexity index is 857. The summed E-state index contributed by atoms with van der Waals surface area (Å²) in [4.78, 5) is 22.6. The lowest BCUT2D eigenvalue weighted by atomic mass is 10.1. The molecule has 0 fully saturated rings. The average Bonchev–Trinajstić information content (AvgIpc) is 3.09. The Morgan fingerprint density at radius 1 is 1.39 bits per heavy atom. The van der Waals surface area contributed by atoms with Gasteiger partial charge in [0.05, 0.1) is 5.56 Å². The molecule has 2 aromatic heterocycles. The Labute approximate surface area is 140 Å². The Hall–Kier alpha value is -2.39. The molecule has 7 nitrogen and oxygen atoms in total. The molecule has 2 heterocycles. The van der Waals surface area contributed by atoms with Gasteiger partial charge >= 0.3 is 0 Å². The lowest BCUT2D eigenvalue weighted by Crippen LogP contribution is -2.13. The number of nitrogen functional groups attached to an aromatic ring is 1. The van der Waals surface area contributed by atoms with Crippen molar-refractivity contribution in [1.82, 2.24) is 20.2 Å². The first kappa shape index (κ1) is 15.5. The number of nitrogens with one attached hydrogen (secondary N) is 2. The van der Waals surface area contributed by atoms with Gasteiger partial charge in [-0.05, 0) is 43.8 Å². The largest absolute Gasteiger partial charge is 0.398 e. The van der Waals surface area contributed by atoms with Crippen molar-refractivity contribution in [1.29, 1.82) is 0 Å². The molecule has 1 amide bonds. The number of rotatable bonds is 4. The van der Waals surface area contributed by atoms with Crippen molar-refractivity contribution in [2.24, 2.45) is 0 Å². The van der Waals surface area contributed by atoms with E-state index in [2.05, 4.69) is 25.5 Å². The van der Waals surface area contributed by atoms with Crippen LogP contribution >= 0.6 is 23.1 Å². The maximum Gasteiger partial charge on any atom is 0.259 e. The van der Waals surface area contributed by atoms with Crippen molar-refractivity contribution in [3.05, 3.63) is 40.7 Å². The first-order valence-electron chi connectivity index (χ1n) is 6.71. The zero-order chi connectivity index (χ0) is 16.4. The number of hydrogen-bond acceptors (Lipinski definition) is 7. The van der Waals surface area contributed by atoms with Crippen molar-refractivity contribution in [2.75, 3.05) is 11.1 Å². The molecule has 4 N–H and O–H groups in total. The fraction of sp³-hybridized carbons (Fsp3) is 0.143. The van der Waals surface area contributed by atoms with E-state index in [1.807, 2.05) is 19.9 Å². The van der Waals surface area contributed by atoms with Crippen LogP contribution < -0.4 is 11.1 Å². The highest BCUT2D eigenvalue weighted by atomic mass is 32.2. The molecular formula is C14H14N6OS2. The number of nitrogens with zero attached hydrogens (tertiary/aromatic N) is 3. The molecule has 23 heavy (non-hydrogen) atoms. The Morgan fingerprint density at radius 2 is 2.22 bits per heavy atom. The molecule has 0 spiro atoms. The number of benzene rings is 1. The Balaban J connectivity index is 1.80. The number of aromatic amines is 1. The standard InChI is InChI=1S/C14H14N6OS2/c1-7-6-16-13(22-7)18-12(21)10-5-9(3-4-11(10)15)23-14-17-8(2)19-20-14/h3-6H,15H2,1-2H3,(H,16,18,21)(H,17,19,20). The quantitative estimate of drug-likeness (QED) is 0.627. The highest BCUT2D eigenvalue weighted by Gasteiger charge is 2.14. The molecule has 3 aromatic rings. The SMILES string of the molecule is Cc1nc(Sc2ccc(N)c(C(=O)Nc3ncc(C)s3)c2)n[nH]1. The maximum absolute atomic E-state index is 12.4. The summed E-state index contributed by atoms with van der Waals surface area (Å²) in [6.45, 7) is 3.76. The summed E-state index contributed by atoms with van der Waals surface area (Å²) in [5, 5.41) is 10.7. The molecule has 0 radical (unpaired) electrons. The van der Waals surface area contributed by atoms with Gasteiger partial charge in [0.25, 0.3) is 5.91 Å². The maximum atomic E-state index is 12.4. The van der Waals surface area contributed by atoms with Crippen LogP contribution in [0.15, 0.2) is 34.4 Å². The minimum absolute atomic E-state index is 0.287. The van der Waals surface area contributed by atoms with E-state index >= 15 is 0 Å². The van der Waals surface area contributed by atoms with Crippen molar-refractivity contribution in [3.8, 4) is 0 Å². The van der Waals surface area contributed by atoms with Crippen LogP contribution in [0.2, 0.25) is 0 Å². The van der Waals surface area contributed by atoms with Crippen LogP contribution in [0.3, 0.4) is 0 Å². The van der Waals surface area contributed by atoms with Crippen LogP contribution in [0.1, 0.15) is 21.1 Å². The second-order valence-corrected chi connectivity index (χ2v) is 7.06.